The maximum absolute atomic E-state index is 13.8. The first-order valence-electron chi connectivity index (χ1n) is 12.4. The molecule has 1 N–H and O–H groups in total. The van der Waals surface area contributed by atoms with E-state index in [1.54, 1.807) is 45.0 Å². The minimum Gasteiger partial charge on any atom is -0.337 e. The highest BCUT2D eigenvalue weighted by atomic mass is 19.3. The Morgan fingerprint density at radius 3 is 2.59 bits per heavy atom. The lowest BCUT2D eigenvalue weighted by atomic mass is 10.1. The Labute approximate surface area is 230 Å². The fourth-order valence-corrected chi connectivity index (χ4v) is 4.46. The number of anilines is 1. The van der Waals surface area contributed by atoms with E-state index in [0.717, 1.165) is 11.5 Å². The molecule has 0 saturated carbocycles. The van der Waals surface area contributed by atoms with E-state index in [9.17, 15) is 23.2 Å². The fourth-order valence-electron chi connectivity index (χ4n) is 4.46. The molecule has 5 heterocycles. The van der Waals surface area contributed by atoms with Gasteiger partial charge in [0, 0.05) is 25.7 Å². The summed E-state index contributed by atoms with van der Waals surface area (Å²) in [5, 5.41) is 6.39. The summed E-state index contributed by atoms with van der Waals surface area (Å²) in [5.41, 5.74) is -0.291. The monoisotopic (exact) mass is 565 g/mol. The molecular weight excluding hydrogens is 540 g/mol. The number of nitrogens with one attached hydrogen (secondary N) is 1. The van der Waals surface area contributed by atoms with Crippen LogP contribution < -0.4 is 16.6 Å². The minimum absolute atomic E-state index is 0.0297. The number of pyridine rings is 2. The normalized spacial score (nSPS) is 12.6. The number of alkyl halides is 2. The third-order valence-electron chi connectivity index (χ3n) is 6.51. The van der Waals surface area contributed by atoms with Gasteiger partial charge in [0.15, 0.2) is 17.0 Å². The van der Waals surface area contributed by atoms with Crippen LogP contribution >= 0.6 is 0 Å². The zero-order valence-electron chi connectivity index (χ0n) is 22.7. The van der Waals surface area contributed by atoms with Crippen molar-refractivity contribution in [1.82, 2.24) is 38.8 Å². The van der Waals surface area contributed by atoms with Crippen LogP contribution in [0.4, 0.5) is 14.6 Å². The van der Waals surface area contributed by atoms with Gasteiger partial charge in [0.1, 0.15) is 24.1 Å². The average Bonchev–Trinajstić information content (AvgIpc) is 3.55. The number of rotatable bonds is 7. The van der Waals surface area contributed by atoms with Crippen molar-refractivity contribution in [3.63, 3.8) is 0 Å². The van der Waals surface area contributed by atoms with Gasteiger partial charge < -0.3 is 14.4 Å². The first kappa shape index (κ1) is 27.5. The van der Waals surface area contributed by atoms with Gasteiger partial charge in [0.25, 0.3) is 11.5 Å². The lowest BCUT2D eigenvalue weighted by Crippen LogP contribution is -2.40. The van der Waals surface area contributed by atoms with Gasteiger partial charge in [-0.25, -0.2) is 19.3 Å². The first-order valence-corrected chi connectivity index (χ1v) is 12.4. The molecule has 15 heteroatoms. The van der Waals surface area contributed by atoms with Gasteiger partial charge in [-0.05, 0) is 44.5 Å². The highest BCUT2D eigenvalue weighted by molar-refractivity contribution is 5.93. The molecule has 0 saturated heterocycles. The van der Waals surface area contributed by atoms with Crippen LogP contribution in [-0.4, -0.2) is 44.7 Å². The largest absolute Gasteiger partial charge is 0.337 e. The van der Waals surface area contributed by atoms with Crippen molar-refractivity contribution < 1.29 is 18.1 Å². The summed E-state index contributed by atoms with van der Waals surface area (Å²) in [5.74, 6) is -2.97. The molecule has 1 amide bonds. The predicted molar refractivity (Wildman–Crippen MR) is 142 cm³/mol. The van der Waals surface area contributed by atoms with Gasteiger partial charge in [0.2, 0.25) is 11.8 Å². The summed E-state index contributed by atoms with van der Waals surface area (Å²) >= 11 is 0. The standard InChI is InChI=1S/C26H25F2N9O4/c1-13-9-16(10-29-21(13)26(4,27)28)17-7-6-8-18(32-17)33-23(38)14(2)37-12-30-22-20(37)24(39)36(25(40)35(22)5)11-19-31-15(3)34-41-19/h6-10,12,14H,11H2,1-5H3,(H,32,33,38)/t14-/m0/s1. The summed E-state index contributed by atoms with van der Waals surface area (Å²) in [6.07, 6.45) is 2.61. The van der Waals surface area contributed by atoms with Crippen molar-refractivity contribution in [2.24, 2.45) is 7.05 Å². The number of aromatic nitrogens is 8. The number of amides is 1. The van der Waals surface area contributed by atoms with E-state index in [2.05, 4.69) is 30.4 Å². The number of imidazole rings is 1. The van der Waals surface area contributed by atoms with Crippen molar-refractivity contribution in [3.05, 3.63) is 80.6 Å². The van der Waals surface area contributed by atoms with Crippen LogP contribution in [0.25, 0.3) is 22.4 Å². The second-order valence-corrected chi connectivity index (χ2v) is 9.64. The Bertz CT molecular complexity index is 1920. The predicted octanol–water partition coefficient (Wildman–Crippen LogP) is 2.71. The second-order valence-electron chi connectivity index (χ2n) is 9.64. The number of carbonyl (C=O) groups excluding carboxylic acids is 1. The Balaban J connectivity index is 1.44. The molecule has 0 radical (unpaired) electrons. The van der Waals surface area contributed by atoms with Gasteiger partial charge in [-0.2, -0.15) is 13.8 Å². The Hall–Kier alpha value is -5.08. The molecule has 13 nitrogen and oxygen atoms in total. The smallest absolute Gasteiger partial charge is 0.332 e. The van der Waals surface area contributed by atoms with Crippen molar-refractivity contribution in [3.8, 4) is 11.3 Å². The van der Waals surface area contributed by atoms with Gasteiger partial charge in [-0.15, -0.1) is 0 Å². The molecule has 1 atom stereocenters. The molecule has 0 spiro atoms. The summed E-state index contributed by atoms with van der Waals surface area (Å²) in [4.78, 5) is 56.1. The number of fused-ring (bicyclic) bond motifs is 1. The number of hydrogen-bond acceptors (Lipinski definition) is 9. The quantitative estimate of drug-likeness (QED) is 0.313. The van der Waals surface area contributed by atoms with Crippen molar-refractivity contribution in [1.29, 1.82) is 0 Å². The summed E-state index contributed by atoms with van der Waals surface area (Å²) in [6, 6.07) is 5.50. The van der Waals surface area contributed by atoms with E-state index in [-0.39, 0.29) is 35.1 Å². The molecule has 0 aliphatic rings. The average molecular weight is 566 g/mol. The van der Waals surface area contributed by atoms with Gasteiger partial charge in [0.05, 0.1) is 12.0 Å². The summed E-state index contributed by atoms with van der Waals surface area (Å²) in [7, 11) is 1.46. The van der Waals surface area contributed by atoms with Crippen LogP contribution in [0, 0.1) is 13.8 Å². The highest BCUT2D eigenvalue weighted by Crippen LogP contribution is 2.30. The highest BCUT2D eigenvalue weighted by Gasteiger charge is 2.28. The maximum atomic E-state index is 13.8. The van der Waals surface area contributed by atoms with Crippen molar-refractivity contribution in [2.45, 2.75) is 46.2 Å². The van der Waals surface area contributed by atoms with Crippen LogP contribution in [0.1, 0.15) is 42.9 Å². The molecule has 5 aromatic rings. The number of nitrogens with zero attached hydrogens (tertiary/aromatic N) is 8. The second kappa shape index (κ2) is 10.1. The Morgan fingerprint density at radius 2 is 1.93 bits per heavy atom. The van der Waals surface area contributed by atoms with Crippen LogP contribution in [0.15, 0.2) is 50.9 Å². The summed E-state index contributed by atoms with van der Waals surface area (Å²) < 4.78 is 36.1. The van der Waals surface area contributed by atoms with E-state index >= 15 is 0 Å². The van der Waals surface area contributed by atoms with Crippen LogP contribution in [0.2, 0.25) is 0 Å². The zero-order chi connectivity index (χ0) is 29.6. The molecule has 212 valence electrons. The number of halogens is 2. The van der Waals surface area contributed by atoms with Crippen LogP contribution in [0.3, 0.4) is 0 Å². The van der Waals surface area contributed by atoms with E-state index < -0.39 is 29.1 Å². The van der Waals surface area contributed by atoms with Gasteiger partial charge in [-0.3, -0.25) is 19.1 Å². The SMILES string of the molecule is Cc1noc(Cn2c(=O)c3c(ncn3[C@@H](C)C(=O)Nc3cccc(-c4cnc(C(C)(F)F)c(C)c4)n3)n(C)c2=O)n1. The number of carbonyl (C=O) groups is 1. The lowest BCUT2D eigenvalue weighted by Gasteiger charge is -2.16. The van der Waals surface area contributed by atoms with E-state index in [1.807, 2.05) is 0 Å². The molecule has 0 aliphatic heterocycles. The molecule has 0 bridgehead atoms. The number of hydrogen-bond donors (Lipinski definition) is 1. The first-order chi connectivity index (χ1) is 19.3. The third-order valence-corrected chi connectivity index (χ3v) is 6.51. The molecule has 41 heavy (non-hydrogen) atoms. The Kier molecular flexibility index (Phi) is 6.80. The topological polar surface area (TPSA) is 156 Å². The van der Waals surface area contributed by atoms with E-state index in [1.165, 1.54) is 28.7 Å². The van der Waals surface area contributed by atoms with Crippen molar-refractivity contribution >= 4 is 22.9 Å². The zero-order valence-corrected chi connectivity index (χ0v) is 22.7. The van der Waals surface area contributed by atoms with Gasteiger partial charge in [-0.1, -0.05) is 11.2 Å². The number of aryl methyl sites for hydroxylation is 3. The molecule has 0 aromatic carbocycles. The maximum Gasteiger partial charge on any atom is 0.332 e. The van der Waals surface area contributed by atoms with E-state index in [4.69, 9.17) is 4.52 Å². The van der Waals surface area contributed by atoms with Crippen molar-refractivity contribution in [2.75, 3.05) is 5.32 Å². The van der Waals surface area contributed by atoms with Crippen LogP contribution in [0.5, 0.6) is 0 Å². The molecule has 5 aromatic heterocycles. The molecule has 5 rings (SSSR count). The molecule has 0 unspecified atom stereocenters. The van der Waals surface area contributed by atoms with E-state index in [0.29, 0.717) is 22.6 Å². The molecule has 0 fully saturated rings. The summed E-state index contributed by atoms with van der Waals surface area (Å²) in [6.45, 7) is 5.24. The molecule has 0 aliphatic carbocycles. The fraction of sp³-hybridized carbons (Fsp3) is 0.308. The lowest BCUT2D eigenvalue weighted by molar-refractivity contribution is -0.118. The third kappa shape index (κ3) is 5.13. The van der Waals surface area contributed by atoms with Gasteiger partial charge >= 0.3 is 5.69 Å². The Morgan fingerprint density at radius 1 is 1.17 bits per heavy atom. The minimum atomic E-state index is -3.08. The van der Waals surface area contributed by atoms with Crippen LogP contribution in [-0.2, 0) is 24.3 Å². The molecular formula is C26H25F2N9O4.